The van der Waals surface area contributed by atoms with Gasteiger partial charge in [0.2, 0.25) is 5.91 Å². The number of methoxy groups -OCH3 is 1. The van der Waals surface area contributed by atoms with Crippen LogP contribution < -0.4 is 10.1 Å². The number of amides is 1. The van der Waals surface area contributed by atoms with Crippen molar-refractivity contribution in [1.29, 1.82) is 0 Å². The highest BCUT2D eigenvalue weighted by Crippen LogP contribution is 2.26. The van der Waals surface area contributed by atoms with Crippen LogP contribution in [-0.4, -0.2) is 13.0 Å². The fraction of sp³-hybridized carbons (Fsp3) is 0.500. The minimum atomic E-state index is -0.0128. The van der Waals surface area contributed by atoms with E-state index in [2.05, 4.69) is 5.32 Å². The highest BCUT2D eigenvalue weighted by molar-refractivity contribution is 5.92. The first-order chi connectivity index (χ1) is 7.81. The minimum absolute atomic E-state index is 0.0128. The van der Waals surface area contributed by atoms with Gasteiger partial charge in [0.05, 0.1) is 12.8 Å². The summed E-state index contributed by atoms with van der Waals surface area (Å²) >= 11 is 0. The van der Waals surface area contributed by atoms with E-state index in [1.807, 2.05) is 45.9 Å². The molecule has 0 bridgehead atoms. The number of carbonyl (C=O) groups is 1. The molecule has 0 saturated carbocycles. The van der Waals surface area contributed by atoms with Gasteiger partial charge in [-0.2, -0.15) is 0 Å². The van der Waals surface area contributed by atoms with Gasteiger partial charge in [0.1, 0.15) is 5.75 Å². The second-order valence-corrected chi connectivity index (χ2v) is 5.49. The average Bonchev–Trinajstić information content (AvgIpc) is 2.14. The van der Waals surface area contributed by atoms with E-state index in [0.29, 0.717) is 12.2 Å². The third kappa shape index (κ3) is 4.47. The van der Waals surface area contributed by atoms with E-state index in [9.17, 15) is 4.79 Å². The van der Waals surface area contributed by atoms with Gasteiger partial charge in [-0.3, -0.25) is 4.79 Å². The Morgan fingerprint density at radius 1 is 1.35 bits per heavy atom. The van der Waals surface area contributed by atoms with Crippen LogP contribution in [0, 0.1) is 12.3 Å². The zero-order chi connectivity index (χ0) is 13.1. The Morgan fingerprint density at radius 2 is 2.00 bits per heavy atom. The summed E-state index contributed by atoms with van der Waals surface area (Å²) in [5.74, 6) is 0.708. The van der Waals surface area contributed by atoms with Crippen LogP contribution in [0.15, 0.2) is 18.2 Å². The van der Waals surface area contributed by atoms with Crippen molar-refractivity contribution in [2.75, 3.05) is 12.4 Å². The zero-order valence-corrected chi connectivity index (χ0v) is 11.3. The van der Waals surface area contributed by atoms with Gasteiger partial charge in [0.25, 0.3) is 0 Å². The molecule has 1 amide bonds. The van der Waals surface area contributed by atoms with Crippen LogP contribution >= 0.6 is 0 Å². The molecule has 0 radical (unpaired) electrons. The molecule has 3 heteroatoms. The summed E-state index contributed by atoms with van der Waals surface area (Å²) < 4.78 is 5.22. The third-order valence-electron chi connectivity index (χ3n) is 2.32. The van der Waals surface area contributed by atoms with Gasteiger partial charge >= 0.3 is 0 Å². The lowest BCUT2D eigenvalue weighted by atomic mass is 9.92. The molecule has 0 spiro atoms. The molecule has 0 aliphatic heterocycles. The first kappa shape index (κ1) is 13.6. The Labute approximate surface area is 103 Å². The molecule has 1 rings (SSSR count). The van der Waals surface area contributed by atoms with Crippen LogP contribution in [0.2, 0.25) is 0 Å². The number of hydrogen-bond donors (Lipinski definition) is 1. The molecule has 1 aromatic rings. The second kappa shape index (κ2) is 5.21. The molecule has 0 fully saturated rings. The minimum Gasteiger partial charge on any atom is -0.495 e. The maximum atomic E-state index is 11.8. The summed E-state index contributed by atoms with van der Waals surface area (Å²) in [6.07, 6.45) is 0.490. The third-order valence-corrected chi connectivity index (χ3v) is 2.32. The number of carbonyl (C=O) groups excluding carboxylic acids is 1. The van der Waals surface area contributed by atoms with Crippen molar-refractivity contribution in [2.24, 2.45) is 5.41 Å². The highest BCUT2D eigenvalue weighted by Gasteiger charge is 2.17. The Kier molecular flexibility index (Phi) is 4.16. The van der Waals surface area contributed by atoms with Gasteiger partial charge < -0.3 is 10.1 Å². The molecule has 0 saturated heterocycles. The van der Waals surface area contributed by atoms with Crippen molar-refractivity contribution < 1.29 is 9.53 Å². The van der Waals surface area contributed by atoms with E-state index < -0.39 is 0 Å². The summed E-state index contributed by atoms with van der Waals surface area (Å²) in [4.78, 5) is 11.8. The van der Waals surface area contributed by atoms with Gasteiger partial charge in [-0.1, -0.05) is 26.8 Å². The summed E-state index contributed by atoms with van der Waals surface area (Å²) in [5, 5.41) is 2.89. The van der Waals surface area contributed by atoms with Gasteiger partial charge in [0.15, 0.2) is 0 Å². The average molecular weight is 235 g/mol. The van der Waals surface area contributed by atoms with E-state index in [-0.39, 0.29) is 11.3 Å². The van der Waals surface area contributed by atoms with Crippen molar-refractivity contribution in [3.05, 3.63) is 23.8 Å². The first-order valence-corrected chi connectivity index (χ1v) is 5.76. The topological polar surface area (TPSA) is 38.3 Å². The van der Waals surface area contributed by atoms with Crippen molar-refractivity contribution in [1.82, 2.24) is 0 Å². The lowest BCUT2D eigenvalue weighted by Gasteiger charge is -2.18. The molecule has 0 aliphatic carbocycles. The van der Waals surface area contributed by atoms with Crippen molar-refractivity contribution in [2.45, 2.75) is 34.1 Å². The lowest BCUT2D eigenvalue weighted by Crippen LogP contribution is -2.20. The number of ether oxygens (including phenoxy) is 1. The van der Waals surface area contributed by atoms with Gasteiger partial charge in [-0.25, -0.2) is 0 Å². The van der Waals surface area contributed by atoms with Crippen molar-refractivity contribution >= 4 is 11.6 Å². The van der Waals surface area contributed by atoms with Gasteiger partial charge in [0, 0.05) is 6.42 Å². The molecular formula is C14H21NO2. The van der Waals surface area contributed by atoms with E-state index in [4.69, 9.17) is 4.74 Å². The lowest BCUT2D eigenvalue weighted by molar-refractivity contribution is -0.117. The Morgan fingerprint density at radius 3 is 2.53 bits per heavy atom. The van der Waals surface area contributed by atoms with E-state index in [0.717, 1.165) is 11.3 Å². The molecule has 17 heavy (non-hydrogen) atoms. The van der Waals surface area contributed by atoms with Gasteiger partial charge in [-0.15, -0.1) is 0 Å². The van der Waals surface area contributed by atoms with Crippen LogP contribution in [0.5, 0.6) is 5.75 Å². The molecule has 1 N–H and O–H groups in total. The molecule has 0 heterocycles. The molecular weight excluding hydrogens is 214 g/mol. The maximum Gasteiger partial charge on any atom is 0.224 e. The Hall–Kier alpha value is -1.51. The highest BCUT2D eigenvalue weighted by atomic mass is 16.5. The number of hydrogen-bond acceptors (Lipinski definition) is 2. The fourth-order valence-corrected chi connectivity index (χ4v) is 1.60. The first-order valence-electron chi connectivity index (χ1n) is 5.76. The maximum absolute atomic E-state index is 11.8. The molecule has 0 aliphatic rings. The normalized spacial score (nSPS) is 11.1. The largest absolute Gasteiger partial charge is 0.495 e. The summed E-state index contributed by atoms with van der Waals surface area (Å²) in [6, 6.07) is 5.74. The van der Waals surface area contributed by atoms with Crippen LogP contribution in [0.1, 0.15) is 32.8 Å². The number of rotatable bonds is 3. The smallest absolute Gasteiger partial charge is 0.224 e. The quantitative estimate of drug-likeness (QED) is 0.872. The second-order valence-electron chi connectivity index (χ2n) is 5.49. The standard InChI is InChI=1S/C14H21NO2/c1-10-6-7-12(17-5)11(8-10)15-13(16)9-14(2,3)4/h6-8H,9H2,1-5H3,(H,15,16). The molecule has 0 unspecified atom stereocenters. The summed E-state index contributed by atoms with van der Waals surface area (Å²) in [7, 11) is 1.60. The van der Waals surface area contributed by atoms with Crippen molar-refractivity contribution in [3.8, 4) is 5.75 Å². The molecule has 0 atom stereocenters. The zero-order valence-electron chi connectivity index (χ0n) is 11.3. The Bertz CT molecular complexity index is 405. The SMILES string of the molecule is COc1ccc(C)cc1NC(=O)CC(C)(C)C. The fourth-order valence-electron chi connectivity index (χ4n) is 1.60. The predicted octanol–water partition coefficient (Wildman–Crippen LogP) is 3.38. The van der Waals surface area contributed by atoms with Crippen LogP contribution in [-0.2, 0) is 4.79 Å². The van der Waals surface area contributed by atoms with E-state index in [1.165, 1.54) is 0 Å². The van der Waals surface area contributed by atoms with E-state index >= 15 is 0 Å². The van der Waals surface area contributed by atoms with Gasteiger partial charge in [-0.05, 0) is 30.0 Å². The molecule has 94 valence electrons. The molecule has 3 nitrogen and oxygen atoms in total. The molecule has 1 aromatic carbocycles. The number of anilines is 1. The van der Waals surface area contributed by atoms with Crippen LogP contribution in [0.4, 0.5) is 5.69 Å². The molecule has 0 aromatic heterocycles. The van der Waals surface area contributed by atoms with Crippen LogP contribution in [0.25, 0.3) is 0 Å². The van der Waals surface area contributed by atoms with Crippen LogP contribution in [0.3, 0.4) is 0 Å². The monoisotopic (exact) mass is 235 g/mol. The van der Waals surface area contributed by atoms with Crippen molar-refractivity contribution in [3.63, 3.8) is 0 Å². The van der Waals surface area contributed by atoms with E-state index in [1.54, 1.807) is 7.11 Å². The number of aryl methyl sites for hydroxylation is 1. The number of nitrogens with one attached hydrogen (secondary N) is 1. The predicted molar refractivity (Wildman–Crippen MR) is 70.4 cm³/mol. The summed E-state index contributed by atoms with van der Waals surface area (Å²) in [6.45, 7) is 8.11. The number of benzene rings is 1. The Balaban J connectivity index is 2.80. The summed E-state index contributed by atoms with van der Waals surface area (Å²) in [5.41, 5.74) is 1.82.